The first-order valence-corrected chi connectivity index (χ1v) is 7.97. The molecule has 0 spiro atoms. The van der Waals surface area contributed by atoms with Crippen molar-refractivity contribution in [1.82, 2.24) is 16.0 Å². The second-order valence-corrected chi connectivity index (χ2v) is 5.91. The number of halogens is 1. The molecule has 128 valence electrons. The summed E-state index contributed by atoms with van der Waals surface area (Å²) in [6, 6.07) is 10.3. The zero-order valence-electron chi connectivity index (χ0n) is 13.5. The molecule has 2 unspecified atom stereocenters. The van der Waals surface area contributed by atoms with Crippen LogP contribution in [0.2, 0.25) is 0 Å². The van der Waals surface area contributed by atoms with E-state index in [1.54, 1.807) is 0 Å². The number of amides is 2. The maximum atomic E-state index is 11.9. The number of carbonyl (C=O) groups excluding carboxylic acids is 2. The van der Waals surface area contributed by atoms with Crippen LogP contribution in [0.1, 0.15) is 31.7 Å². The Hall–Kier alpha value is -1.59. The van der Waals surface area contributed by atoms with Gasteiger partial charge in [-0.3, -0.25) is 9.59 Å². The van der Waals surface area contributed by atoms with Crippen molar-refractivity contribution in [2.45, 2.75) is 44.7 Å². The van der Waals surface area contributed by atoms with Gasteiger partial charge in [0.1, 0.15) is 0 Å². The van der Waals surface area contributed by atoms with E-state index < -0.39 is 0 Å². The molecule has 1 fully saturated rings. The van der Waals surface area contributed by atoms with Gasteiger partial charge in [0.05, 0.1) is 6.42 Å². The smallest absolute Gasteiger partial charge is 0.224 e. The van der Waals surface area contributed by atoms with Gasteiger partial charge < -0.3 is 16.0 Å². The number of rotatable bonds is 6. The molecule has 1 aromatic carbocycles. The van der Waals surface area contributed by atoms with E-state index in [9.17, 15) is 9.59 Å². The second kappa shape index (κ2) is 10.2. The molecule has 1 aromatic rings. The molecule has 0 aliphatic carbocycles. The van der Waals surface area contributed by atoms with Crippen LogP contribution < -0.4 is 16.0 Å². The molecule has 23 heavy (non-hydrogen) atoms. The van der Waals surface area contributed by atoms with Crippen molar-refractivity contribution in [2.24, 2.45) is 0 Å². The Morgan fingerprint density at radius 1 is 1.22 bits per heavy atom. The van der Waals surface area contributed by atoms with E-state index in [0.717, 1.165) is 24.9 Å². The molecule has 3 N–H and O–H groups in total. The van der Waals surface area contributed by atoms with Gasteiger partial charge in [-0.05, 0) is 31.9 Å². The molecule has 0 bridgehead atoms. The Bertz CT molecular complexity index is 496. The predicted molar refractivity (Wildman–Crippen MR) is 93.7 cm³/mol. The monoisotopic (exact) mass is 339 g/mol. The predicted octanol–water partition coefficient (Wildman–Crippen LogP) is 1.41. The van der Waals surface area contributed by atoms with Crippen LogP contribution in [0.3, 0.4) is 0 Å². The van der Waals surface area contributed by atoms with Gasteiger partial charge in [0.15, 0.2) is 0 Å². The fourth-order valence-corrected chi connectivity index (χ4v) is 2.72. The van der Waals surface area contributed by atoms with Crippen LogP contribution in [0, 0.1) is 0 Å². The number of piperidine rings is 1. The summed E-state index contributed by atoms with van der Waals surface area (Å²) in [5.74, 6) is -0.0337. The summed E-state index contributed by atoms with van der Waals surface area (Å²) in [6.45, 7) is 3.46. The fourth-order valence-electron chi connectivity index (χ4n) is 2.72. The minimum Gasteiger partial charge on any atom is -0.355 e. The number of nitrogens with one attached hydrogen (secondary N) is 3. The molecule has 1 saturated heterocycles. The minimum atomic E-state index is -0.0468. The fraction of sp³-hybridized carbons (Fsp3) is 0.529. The highest BCUT2D eigenvalue weighted by molar-refractivity contribution is 5.85. The van der Waals surface area contributed by atoms with Gasteiger partial charge in [0.2, 0.25) is 11.8 Å². The summed E-state index contributed by atoms with van der Waals surface area (Å²) in [4.78, 5) is 23.7. The molecule has 0 saturated carbocycles. The van der Waals surface area contributed by atoms with E-state index in [1.807, 2.05) is 30.3 Å². The zero-order valence-corrected chi connectivity index (χ0v) is 14.3. The summed E-state index contributed by atoms with van der Waals surface area (Å²) in [5.41, 5.74) is 0.980. The molecular weight excluding hydrogens is 314 g/mol. The molecule has 1 aliphatic heterocycles. The average Bonchev–Trinajstić information content (AvgIpc) is 2.48. The van der Waals surface area contributed by atoms with E-state index in [2.05, 4.69) is 22.9 Å². The Balaban J connectivity index is 0.00000264. The number of hydrogen-bond donors (Lipinski definition) is 3. The lowest BCUT2D eigenvalue weighted by molar-refractivity contribution is -0.122. The third kappa shape index (κ3) is 7.48. The van der Waals surface area contributed by atoms with Crippen molar-refractivity contribution < 1.29 is 9.59 Å². The highest BCUT2D eigenvalue weighted by Crippen LogP contribution is 2.08. The van der Waals surface area contributed by atoms with Crippen molar-refractivity contribution in [2.75, 3.05) is 13.1 Å². The first-order valence-electron chi connectivity index (χ1n) is 7.97. The molecule has 1 aliphatic rings. The van der Waals surface area contributed by atoms with Crippen LogP contribution >= 0.6 is 12.4 Å². The lowest BCUT2D eigenvalue weighted by Crippen LogP contribution is -2.47. The van der Waals surface area contributed by atoms with Gasteiger partial charge >= 0.3 is 0 Å². The van der Waals surface area contributed by atoms with Gasteiger partial charge in [-0.15, -0.1) is 12.4 Å². The lowest BCUT2D eigenvalue weighted by atomic mass is 10.0. The van der Waals surface area contributed by atoms with Gasteiger partial charge in [-0.1, -0.05) is 30.3 Å². The summed E-state index contributed by atoms with van der Waals surface area (Å²) in [6.07, 6.45) is 2.62. The average molecular weight is 340 g/mol. The van der Waals surface area contributed by atoms with Crippen LogP contribution in [0.15, 0.2) is 30.3 Å². The topological polar surface area (TPSA) is 70.2 Å². The molecule has 2 amide bonds. The highest BCUT2D eigenvalue weighted by Gasteiger charge is 2.19. The summed E-state index contributed by atoms with van der Waals surface area (Å²) in [5, 5.41) is 9.20. The van der Waals surface area contributed by atoms with Crippen molar-refractivity contribution in [3.8, 4) is 0 Å². The van der Waals surface area contributed by atoms with Crippen molar-refractivity contribution >= 4 is 24.2 Å². The normalized spacial score (nSPS) is 20.2. The van der Waals surface area contributed by atoms with Gasteiger partial charge in [0, 0.05) is 25.0 Å². The van der Waals surface area contributed by atoms with E-state index in [1.165, 1.54) is 0 Å². The van der Waals surface area contributed by atoms with E-state index in [4.69, 9.17) is 0 Å². The zero-order chi connectivity index (χ0) is 15.8. The molecular formula is C17H26ClN3O2. The number of carbonyl (C=O) groups is 2. The quantitative estimate of drug-likeness (QED) is 0.734. The van der Waals surface area contributed by atoms with Crippen molar-refractivity contribution in [1.29, 1.82) is 0 Å². The molecule has 2 atom stereocenters. The van der Waals surface area contributed by atoms with Gasteiger partial charge in [0.25, 0.3) is 0 Å². The number of benzene rings is 1. The largest absolute Gasteiger partial charge is 0.355 e. The van der Waals surface area contributed by atoms with Crippen molar-refractivity contribution in [3.05, 3.63) is 35.9 Å². The maximum absolute atomic E-state index is 11.9. The SMILES string of the molecule is CC1CC(NC(=O)CCNC(=O)Cc2ccccc2)CCN1.Cl. The van der Waals surface area contributed by atoms with Gasteiger partial charge in [-0.25, -0.2) is 0 Å². The van der Waals surface area contributed by atoms with Crippen LogP contribution in [-0.4, -0.2) is 37.0 Å². The van der Waals surface area contributed by atoms with E-state index >= 15 is 0 Å². The minimum absolute atomic E-state index is 0. The van der Waals surface area contributed by atoms with Crippen LogP contribution in [-0.2, 0) is 16.0 Å². The molecule has 1 heterocycles. The maximum Gasteiger partial charge on any atom is 0.224 e. The standard InChI is InChI=1S/C17H25N3O2.ClH/c1-13-11-15(7-9-18-13)20-16(21)8-10-19-17(22)12-14-5-3-2-4-6-14;/h2-6,13,15,18H,7-12H2,1H3,(H,19,22)(H,20,21);1H. The summed E-state index contributed by atoms with van der Waals surface area (Å²) < 4.78 is 0. The molecule has 0 radical (unpaired) electrons. The first-order chi connectivity index (χ1) is 10.6. The Morgan fingerprint density at radius 2 is 1.96 bits per heavy atom. The Morgan fingerprint density at radius 3 is 2.65 bits per heavy atom. The molecule has 0 aromatic heterocycles. The first kappa shape index (κ1) is 19.5. The summed E-state index contributed by atoms with van der Waals surface area (Å²) in [7, 11) is 0. The third-order valence-electron chi connectivity index (χ3n) is 3.87. The second-order valence-electron chi connectivity index (χ2n) is 5.91. The molecule has 2 rings (SSSR count). The van der Waals surface area contributed by atoms with Crippen molar-refractivity contribution in [3.63, 3.8) is 0 Å². The lowest BCUT2D eigenvalue weighted by Gasteiger charge is -2.28. The molecule has 5 nitrogen and oxygen atoms in total. The van der Waals surface area contributed by atoms with Crippen LogP contribution in [0.5, 0.6) is 0 Å². The Labute approximate surface area is 144 Å². The molecule has 6 heteroatoms. The van der Waals surface area contributed by atoms with Crippen LogP contribution in [0.4, 0.5) is 0 Å². The Kier molecular flexibility index (Phi) is 8.66. The highest BCUT2D eigenvalue weighted by atomic mass is 35.5. The van der Waals surface area contributed by atoms with E-state index in [0.29, 0.717) is 25.4 Å². The van der Waals surface area contributed by atoms with Crippen LogP contribution in [0.25, 0.3) is 0 Å². The number of hydrogen-bond acceptors (Lipinski definition) is 3. The summed E-state index contributed by atoms with van der Waals surface area (Å²) >= 11 is 0. The van der Waals surface area contributed by atoms with Gasteiger partial charge in [-0.2, -0.15) is 0 Å². The van der Waals surface area contributed by atoms with E-state index in [-0.39, 0.29) is 30.3 Å². The third-order valence-corrected chi connectivity index (χ3v) is 3.87.